The highest BCUT2D eigenvalue weighted by Crippen LogP contribution is 2.44. The minimum absolute atomic E-state index is 0.113. The molecule has 7 rings (SSSR count). The van der Waals surface area contributed by atoms with E-state index in [1.54, 1.807) is 61.0 Å². The molecule has 1 unspecified atom stereocenters. The van der Waals surface area contributed by atoms with Crippen LogP contribution in [0, 0.1) is 5.92 Å². The molecule has 1 aromatic carbocycles. The summed E-state index contributed by atoms with van der Waals surface area (Å²) in [6, 6.07) is 11.1. The minimum Gasteiger partial charge on any atom is -0.493 e. The number of hydrogen-bond acceptors (Lipinski definition) is 10. The van der Waals surface area contributed by atoms with Crippen LogP contribution >= 0.6 is 0 Å². The molecule has 1 N–H and O–H groups in total. The first kappa shape index (κ1) is 34.6. The number of piperidine rings is 1. The summed E-state index contributed by atoms with van der Waals surface area (Å²) in [6.45, 7) is 2.58. The third-order valence-electron chi connectivity index (χ3n) is 9.89. The molecule has 3 amide bonds. The van der Waals surface area contributed by atoms with Gasteiger partial charge in [0.25, 0.3) is 11.8 Å². The van der Waals surface area contributed by atoms with E-state index < -0.39 is 0 Å². The van der Waals surface area contributed by atoms with Gasteiger partial charge in [-0.15, -0.1) is 0 Å². The van der Waals surface area contributed by atoms with Crippen LogP contribution in [0.15, 0.2) is 55.0 Å². The lowest BCUT2D eigenvalue weighted by Crippen LogP contribution is -2.43. The normalized spacial score (nSPS) is 17.3. The molecule has 1 saturated heterocycles. The molecule has 1 fully saturated rings. The number of pyridine rings is 2. The number of aryl methyl sites for hydroxylation is 1. The average Bonchev–Trinajstić information content (AvgIpc) is 3.81. The lowest BCUT2D eigenvalue weighted by Gasteiger charge is -2.35. The molecule has 0 aliphatic carbocycles. The maximum Gasteiger partial charge on any atom is 0.274 e. The van der Waals surface area contributed by atoms with Crippen molar-refractivity contribution >= 4 is 40.1 Å². The topological polar surface area (TPSA) is 149 Å². The Hall–Kier alpha value is -5.86. The third kappa shape index (κ3) is 6.77. The SMILES string of the molecule is COc1cc2nc3c(cc2c(OC)c1OC)CN(C(=O)c1ccnn1C)CCN(C(=O)c1cn2ccccc2n1)CCC(=O)NCC1CCCN3C1. The molecule has 15 nitrogen and oxygen atoms in total. The zero-order valence-corrected chi connectivity index (χ0v) is 29.9. The number of nitrogens with zero attached hydrogens (tertiary/aromatic N) is 8. The minimum atomic E-state index is -0.324. The number of carbonyl (C=O) groups excluding carboxylic acids is 3. The van der Waals surface area contributed by atoms with Gasteiger partial charge in [-0.3, -0.25) is 19.1 Å². The van der Waals surface area contributed by atoms with Crippen molar-refractivity contribution in [2.75, 3.05) is 65.5 Å². The largest absolute Gasteiger partial charge is 0.493 e. The summed E-state index contributed by atoms with van der Waals surface area (Å²) < 4.78 is 20.5. The Morgan fingerprint density at radius 3 is 2.50 bits per heavy atom. The average molecular weight is 710 g/mol. The van der Waals surface area contributed by atoms with E-state index >= 15 is 0 Å². The molecule has 2 bridgehead atoms. The summed E-state index contributed by atoms with van der Waals surface area (Å²) in [6.07, 6.45) is 7.07. The quantitative estimate of drug-likeness (QED) is 0.289. The molecule has 1 atom stereocenters. The second-order valence-electron chi connectivity index (χ2n) is 13.1. The number of fused-ring (bicyclic) bond motifs is 6. The molecular weight excluding hydrogens is 666 g/mol. The summed E-state index contributed by atoms with van der Waals surface area (Å²) in [7, 11) is 6.42. The molecule has 5 aromatic rings. The van der Waals surface area contributed by atoms with E-state index in [1.165, 1.54) is 4.68 Å². The number of nitrogens with one attached hydrogen (secondary N) is 1. The third-order valence-corrected chi connectivity index (χ3v) is 9.89. The Morgan fingerprint density at radius 1 is 0.923 bits per heavy atom. The van der Waals surface area contributed by atoms with Gasteiger partial charge >= 0.3 is 0 Å². The van der Waals surface area contributed by atoms with Gasteiger partial charge in [0.1, 0.15) is 22.9 Å². The van der Waals surface area contributed by atoms with Crippen LogP contribution in [-0.4, -0.2) is 112 Å². The summed E-state index contributed by atoms with van der Waals surface area (Å²) in [4.78, 5) is 56.9. The monoisotopic (exact) mass is 709 g/mol. The number of anilines is 1. The van der Waals surface area contributed by atoms with E-state index in [9.17, 15) is 14.4 Å². The summed E-state index contributed by atoms with van der Waals surface area (Å²) in [5, 5.41) is 8.07. The second-order valence-corrected chi connectivity index (χ2v) is 13.1. The Kier molecular flexibility index (Phi) is 9.83. The number of carbonyl (C=O) groups is 3. The predicted octanol–water partition coefficient (Wildman–Crippen LogP) is 3.16. The molecule has 0 spiro atoms. The fourth-order valence-electron chi connectivity index (χ4n) is 7.18. The summed E-state index contributed by atoms with van der Waals surface area (Å²) in [5.41, 5.74) is 2.74. The fourth-order valence-corrected chi connectivity index (χ4v) is 7.18. The summed E-state index contributed by atoms with van der Waals surface area (Å²) >= 11 is 0. The van der Waals surface area contributed by atoms with Crippen molar-refractivity contribution in [3.8, 4) is 17.2 Å². The molecule has 2 aliphatic heterocycles. The van der Waals surface area contributed by atoms with Crippen molar-refractivity contribution in [1.82, 2.24) is 39.3 Å². The van der Waals surface area contributed by atoms with Crippen molar-refractivity contribution in [3.05, 3.63) is 71.9 Å². The smallest absolute Gasteiger partial charge is 0.274 e. The number of amides is 3. The maximum atomic E-state index is 14.4. The van der Waals surface area contributed by atoms with Crippen molar-refractivity contribution in [2.24, 2.45) is 13.0 Å². The first-order valence-electron chi connectivity index (χ1n) is 17.4. The zero-order chi connectivity index (χ0) is 36.4. The van der Waals surface area contributed by atoms with Crippen LogP contribution in [0.1, 0.15) is 45.8 Å². The Labute approximate surface area is 301 Å². The number of benzene rings is 1. The highest BCUT2D eigenvalue weighted by molar-refractivity contribution is 5.95. The number of aromatic nitrogens is 5. The molecule has 272 valence electrons. The van der Waals surface area contributed by atoms with Crippen LogP contribution in [-0.2, 0) is 18.4 Å². The number of rotatable bonds is 5. The van der Waals surface area contributed by atoms with E-state index in [2.05, 4.69) is 20.3 Å². The van der Waals surface area contributed by atoms with Gasteiger partial charge in [0.2, 0.25) is 11.7 Å². The highest BCUT2D eigenvalue weighted by Gasteiger charge is 2.30. The Balaban J connectivity index is 1.34. The number of hydrogen-bond donors (Lipinski definition) is 1. The maximum absolute atomic E-state index is 14.4. The Morgan fingerprint density at radius 2 is 1.75 bits per heavy atom. The second kappa shape index (κ2) is 14.8. The van der Waals surface area contributed by atoms with Crippen LogP contribution < -0.4 is 24.4 Å². The molecule has 6 heterocycles. The van der Waals surface area contributed by atoms with E-state index in [0.717, 1.165) is 30.8 Å². The molecule has 52 heavy (non-hydrogen) atoms. The van der Waals surface area contributed by atoms with Gasteiger partial charge < -0.3 is 38.6 Å². The molecule has 2 aliphatic rings. The zero-order valence-electron chi connectivity index (χ0n) is 29.9. The van der Waals surface area contributed by atoms with E-state index in [4.69, 9.17) is 19.2 Å². The van der Waals surface area contributed by atoms with Crippen molar-refractivity contribution in [3.63, 3.8) is 0 Å². The van der Waals surface area contributed by atoms with Gasteiger partial charge in [-0.2, -0.15) is 5.10 Å². The predicted molar refractivity (Wildman–Crippen MR) is 193 cm³/mol. The van der Waals surface area contributed by atoms with Crippen LogP contribution in [0.3, 0.4) is 0 Å². The molecule has 0 radical (unpaired) electrons. The van der Waals surface area contributed by atoms with Gasteiger partial charge in [0.05, 0.1) is 26.8 Å². The lowest BCUT2D eigenvalue weighted by molar-refractivity contribution is -0.121. The van der Waals surface area contributed by atoms with Crippen molar-refractivity contribution in [1.29, 1.82) is 0 Å². The van der Waals surface area contributed by atoms with Crippen LogP contribution in [0.4, 0.5) is 5.82 Å². The highest BCUT2D eigenvalue weighted by atomic mass is 16.5. The first-order valence-corrected chi connectivity index (χ1v) is 17.4. The lowest BCUT2D eigenvalue weighted by atomic mass is 9.97. The van der Waals surface area contributed by atoms with Crippen LogP contribution in [0.2, 0.25) is 0 Å². The van der Waals surface area contributed by atoms with E-state index in [-0.39, 0.29) is 61.9 Å². The van der Waals surface area contributed by atoms with Crippen LogP contribution in [0.5, 0.6) is 17.2 Å². The number of imidazole rings is 1. The first-order chi connectivity index (χ1) is 25.3. The van der Waals surface area contributed by atoms with Crippen LogP contribution in [0.25, 0.3) is 16.6 Å². The van der Waals surface area contributed by atoms with Gasteiger partial charge in [-0.25, -0.2) is 9.97 Å². The van der Waals surface area contributed by atoms with E-state index in [0.29, 0.717) is 52.6 Å². The molecule has 4 aromatic heterocycles. The van der Waals surface area contributed by atoms with Crippen molar-refractivity contribution in [2.45, 2.75) is 25.8 Å². The Bertz CT molecular complexity index is 2090. The van der Waals surface area contributed by atoms with Gasteiger partial charge in [0.15, 0.2) is 11.5 Å². The standard InChI is InChI=1S/C37H43N9O6/c1-42-29(10-12-39-42)37(49)46-17-16-43(36(48)28-23-44-13-6-5-9-31(44)40-28)15-11-32(47)38-20-24-8-7-14-45(21-24)35-25(22-46)18-26-27(41-35)19-30(50-2)34(52-4)33(26)51-3/h5-6,9-10,12-13,18-19,23-24H,7-8,11,14-17,20-22H2,1-4H3,(H,38,47). The summed E-state index contributed by atoms with van der Waals surface area (Å²) in [5.74, 6) is 1.58. The molecule has 15 heteroatoms. The number of methoxy groups -OCH3 is 3. The molecular formula is C37H43N9O6. The van der Waals surface area contributed by atoms with E-state index in [1.807, 2.05) is 36.5 Å². The van der Waals surface area contributed by atoms with Gasteiger partial charge in [-0.1, -0.05) is 6.07 Å². The molecule has 0 saturated carbocycles. The van der Waals surface area contributed by atoms with Gasteiger partial charge in [-0.05, 0) is 43.0 Å². The fraction of sp³-hybridized carbons (Fsp3) is 0.405. The number of ether oxygens (including phenoxy) is 3. The van der Waals surface area contributed by atoms with Crippen molar-refractivity contribution < 1.29 is 28.6 Å². The van der Waals surface area contributed by atoms with Gasteiger partial charge in [0, 0.05) is 94.9 Å².